The summed E-state index contributed by atoms with van der Waals surface area (Å²) in [6, 6.07) is 29.3. The number of alkyl carbamates (subject to hydrolysis) is 1. The van der Waals surface area contributed by atoms with Gasteiger partial charge in [-0.3, -0.25) is 14.7 Å². The SMILES string of the molecule is CC(C)(C)[Si](C)(C)OC[C@H]1O[C@@H](n2ccc(NC(=O)c3ccccc3CO[Si](c3ccccc3)(c3ccccc3)C(C)(C)C)nc2=O)[C@H](O[Si](C)(C)C(C)(C)C)[C@@H]1OC(=O)NC(Cl)(Cl)Cl. The average Bonchev–Trinajstić information content (AvgIpc) is 3.51. The Labute approximate surface area is 402 Å². The Morgan fingerprint density at radius 3 is 1.77 bits per heavy atom. The molecule has 1 aromatic heterocycles. The first-order valence-electron chi connectivity index (χ1n) is 21.7. The van der Waals surface area contributed by atoms with E-state index in [1.807, 2.05) is 61.6 Å². The monoisotopic (exact) mass is 1000 g/mol. The van der Waals surface area contributed by atoms with Crippen LogP contribution in [0, 0.1) is 0 Å². The van der Waals surface area contributed by atoms with Crippen molar-refractivity contribution in [2.24, 2.45) is 0 Å². The molecule has 1 aliphatic heterocycles. The topological polar surface area (TPSA) is 139 Å². The zero-order valence-corrected chi connectivity index (χ0v) is 45.0. The molecule has 4 aromatic rings. The van der Waals surface area contributed by atoms with Crippen LogP contribution in [0.4, 0.5) is 10.6 Å². The summed E-state index contributed by atoms with van der Waals surface area (Å²) in [5.74, 6) is -0.449. The molecule has 1 aliphatic rings. The number of benzene rings is 3. The Kier molecular flexibility index (Phi) is 16.3. The van der Waals surface area contributed by atoms with Crippen LogP contribution < -0.4 is 26.7 Å². The van der Waals surface area contributed by atoms with E-state index >= 15 is 0 Å². The molecule has 0 saturated carbocycles. The molecule has 0 unspecified atom stereocenters. The van der Waals surface area contributed by atoms with Gasteiger partial charge >= 0.3 is 11.8 Å². The Hall–Kier alpha value is -3.36. The van der Waals surface area contributed by atoms with Crippen LogP contribution in [-0.2, 0) is 29.4 Å². The molecule has 354 valence electrons. The van der Waals surface area contributed by atoms with Gasteiger partial charge in [0.25, 0.3) is 18.1 Å². The van der Waals surface area contributed by atoms with Crippen LogP contribution in [0.1, 0.15) is 84.5 Å². The van der Waals surface area contributed by atoms with Crippen molar-refractivity contribution in [2.75, 3.05) is 11.9 Å². The standard InChI is InChI=1S/C47H65Cl3N4O8Si3/c1-44(2,3)63(10,11)58-31-36-38(61-43(57)53-47(48,49)50)39(62-64(12,13)45(4,5)6)41(60-36)54-29-28-37(52-42(54)56)51-40(55)35-27-21-20-22-32(35)30-59-65(46(7,8)9,33-23-16-14-17-24-33)34-25-18-15-19-26-34/h14-29,36,38-39,41H,30-31H2,1-13H3,(H,53,57)(H,51,52,55,56)/t36-,38-,39-,41-/m1/s1. The van der Waals surface area contributed by atoms with E-state index < -0.39 is 71.1 Å². The van der Waals surface area contributed by atoms with Crippen molar-refractivity contribution in [1.82, 2.24) is 14.9 Å². The van der Waals surface area contributed by atoms with Crippen molar-refractivity contribution in [2.45, 2.75) is 139 Å². The van der Waals surface area contributed by atoms with E-state index in [-0.39, 0.29) is 34.1 Å². The number of carbonyl (C=O) groups excluding carboxylic acids is 2. The highest BCUT2D eigenvalue weighted by Gasteiger charge is 2.54. The number of alkyl halides is 3. The Morgan fingerprint density at radius 2 is 1.26 bits per heavy atom. The summed E-state index contributed by atoms with van der Waals surface area (Å²) in [6.07, 6.45) is -3.72. The molecule has 5 rings (SSSR count). The molecule has 1 saturated heterocycles. The number of ether oxygens (including phenoxy) is 2. The minimum absolute atomic E-state index is 0.0194. The summed E-state index contributed by atoms with van der Waals surface area (Å²) in [7, 11) is -7.97. The van der Waals surface area contributed by atoms with Gasteiger partial charge in [-0.1, -0.05) is 176 Å². The third kappa shape index (κ3) is 12.4. The van der Waals surface area contributed by atoms with Crippen molar-refractivity contribution in [3.8, 4) is 0 Å². The van der Waals surface area contributed by atoms with E-state index in [1.54, 1.807) is 12.1 Å². The minimum Gasteiger partial charge on any atom is -0.440 e. The lowest BCUT2D eigenvalue weighted by Crippen LogP contribution is -2.66. The Balaban J connectivity index is 1.47. The van der Waals surface area contributed by atoms with E-state index in [2.05, 4.69) is 115 Å². The molecule has 3 aromatic carbocycles. The molecule has 0 radical (unpaired) electrons. The lowest BCUT2D eigenvalue weighted by atomic mass is 10.1. The number of carbonyl (C=O) groups is 2. The van der Waals surface area contributed by atoms with Gasteiger partial charge in [0, 0.05) is 11.8 Å². The normalized spacial score (nSPS) is 18.9. The number of hydrogen-bond donors (Lipinski definition) is 2. The highest BCUT2D eigenvalue weighted by atomic mass is 35.6. The average molecular weight is 1000 g/mol. The summed E-state index contributed by atoms with van der Waals surface area (Å²) in [5.41, 5.74) is 0.304. The van der Waals surface area contributed by atoms with Gasteiger partial charge in [0.05, 0.1) is 13.2 Å². The fourth-order valence-electron chi connectivity index (χ4n) is 7.30. The van der Waals surface area contributed by atoms with Gasteiger partial charge in [0.2, 0.25) is 0 Å². The summed E-state index contributed by atoms with van der Waals surface area (Å²) < 4.78 is 32.4. The zero-order valence-electron chi connectivity index (χ0n) is 39.8. The van der Waals surface area contributed by atoms with Gasteiger partial charge < -0.3 is 28.1 Å². The van der Waals surface area contributed by atoms with Gasteiger partial charge in [-0.05, 0) is 69.4 Å². The quantitative estimate of drug-likeness (QED) is 0.0718. The number of nitrogens with one attached hydrogen (secondary N) is 2. The molecule has 12 nitrogen and oxygen atoms in total. The van der Waals surface area contributed by atoms with Crippen LogP contribution in [0.25, 0.3) is 0 Å². The number of halogens is 3. The summed E-state index contributed by atoms with van der Waals surface area (Å²) in [5, 5.41) is 6.54. The second kappa shape index (κ2) is 20.1. The fraction of sp³-hybridized carbons (Fsp3) is 0.489. The maximum atomic E-state index is 14.1. The maximum absolute atomic E-state index is 14.1. The van der Waals surface area contributed by atoms with Crippen LogP contribution in [0.5, 0.6) is 0 Å². The Morgan fingerprint density at radius 1 is 0.723 bits per heavy atom. The smallest absolute Gasteiger partial charge is 0.410 e. The van der Waals surface area contributed by atoms with E-state index in [1.165, 1.54) is 16.8 Å². The van der Waals surface area contributed by atoms with Crippen molar-refractivity contribution >= 4 is 87.9 Å². The lowest BCUT2D eigenvalue weighted by molar-refractivity contribution is -0.0519. The third-order valence-electron chi connectivity index (χ3n) is 12.9. The molecule has 65 heavy (non-hydrogen) atoms. The second-order valence-corrected chi connectivity index (χ2v) is 36.7. The highest BCUT2D eigenvalue weighted by Crippen LogP contribution is 2.44. The molecule has 0 spiro atoms. The molecular formula is C47H65Cl3N4O8Si3. The molecule has 18 heteroatoms. The predicted molar refractivity (Wildman–Crippen MR) is 268 cm³/mol. The van der Waals surface area contributed by atoms with Gasteiger partial charge in [0.15, 0.2) is 29.0 Å². The third-order valence-corrected chi connectivity index (χ3v) is 27.1. The van der Waals surface area contributed by atoms with Crippen molar-refractivity contribution in [3.63, 3.8) is 0 Å². The van der Waals surface area contributed by atoms with Gasteiger partial charge in [-0.2, -0.15) is 4.98 Å². The number of anilines is 1. The first kappa shape index (κ1) is 52.6. The fourth-order valence-corrected chi connectivity index (χ4v) is 14.4. The van der Waals surface area contributed by atoms with Crippen LogP contribution in [0.2, 0.25) is 41.3 Å². The summed E-state index contributed by atoms with van der Waals surface area (Å²) in [4.78, 5) is 45.8. The molecule has 2 heterocycles. The lowest BCUT2D eigenvalue weighted by Gasteiger charge is -2.43. The maximum Gasteiger partial charge on any atom is 0.410 e. The molecule has 2 N–H and O–H groups in total. The van der Waals surface area contributed by atoms with Gasteiger partial charge in [-0.15, -0.1) is 0 Å². The Bertz CT molecular complexity index is 2290. The van der Waals surface area contributed by atoms with Crippen molar-refractivity contribution in [1.29, 1.82) is 0 Å². The summed E-state index contributed by atoms with van der Waals surface area (Å²) in [6.45, 7) is 27.6. The van der Waals surface area contributed by atoms with Crippen LogP contribution in [0.15, 0.2) is 102 Å². The van der Waals surface area contributed by atoms with E-state index in [0.717, 1.165) is 10.4 Å². The number of amides is 2. The second-order valence-electron chi connectivity index (χ2n) is 20.5. The predicted octanol–water partition coefficient (Wildman–Crippen LogP) is 10.3. The van der Waals surface area contributed by atoms with Crippen LogP contribution in [-0.4, -0.2) is 75.3 Å². The molecule has 0 bridgehead atoms. The highest BCUT2D eigenvalue weighted by molar-refractivity contribution is 6.99. The minimum atomic E-state index is -2.94. The first-order valence-corrected chi connectivity index (χ1v) is 30.6. The van der Waals surface area contributed by atoms with Gasteiger partial charge in [0.1, 0.15) is 18.0 Å². The largest absolute Gasteiger partial charge is 0.440 e. The molecule has 0 aliphatic carbocycles. The number of aromatic nitrogens is 2. The molecule has 2 amide bonds. The van der Waals surface area contributed by atoms with E-state index in [9.17, 15) is 14.4 Å². The summed E-state index contributed by atoms with van der Waals surface area (Å²) >= 11 is 17.8. The van der Waals surface area contributed by atoms with E-state index in [0.29, 0.717) is 11.1 Å². The van der Waals surface area contributed by atoms with E-state index in [4.69, 9.17) is 57.6 Å². The molecule has 1 fully saturated rings. The van der Waals surface area contributed by atoms with Crippen molar-refractivity contribution in [3.05, 3.63) is 119 Å². The molecular weight excluding hydrogens is 939 g/mol. The number of hydrogen-bond acceptors (Lipinski definition) is 9. The molecule has 4 atom stereocenters. The first-order chi connectivity index (χ1) is 30.0. The van der Waals surface area contributed by atoms with Crippen LogP contribution >= 0.6 is 34.8 Å². The van der Waals surface area contributed by atoms with Crippen LogP contribution in [0.3, 0.4) is 0 Å². The van der Waals surface area contributed by atoms with Gasteiger partial charge in [-0.25, -0.2) is 9.59 Å². The number of rotatable bonds is 14. The number of nitrogens with zero attached hydrogens (tertiary/aromatic N) is 2. The zero-order chi connectivity index (χ0) is 48.4. The van der Waals surface area contributed by atoms with Crippen molar-refractivity contribution < 1.29 is 32.3 Å².